The number of aryl methyl sites for hydroxylation is 2. The lowest BCUT2D eigenvalue weighted by molar-refractivity contribution is 0.0785. The van der Waals surface area contributed by atoms with Crippen molar-refractivity contribution in [1.82, 2.24) is 29.9 Å². The minimum atomic E-state index is -0.00775. The summed E-state index contributed by atoms with van der Waals surface area (Å²) in [5, 5.41) is 11.6. The first-order valence-electron chi connectivity index (χ1n) is 10.2. The van der Waals surface area contributed by atoms with Crippen molar-refractivity contribution in [3.63, 3.8) is 0 Å². The molecule has 0 spiro atoms. The van der Waals surface area contributed by atoms with Crippen molar-refractivity contribution in [3.05, 3.63) is 52.9 Å². The number of aromatic amines is 1. The second kappa shape index (κ2) is 7.46. The third-order valence-electron chi connectivity index (χ3n) is 5.85. The Bertz CT molecular complexity index is 1050. The number of pyridine rings is 1. The fourth-order valence-corrected chi connectivity index (χ4v) is 3.93. The molecule has 29 heavy (non-hydrogen) atoms. The average molecular weight is 393 g/mol. The molecule has 152 valence electrons. The van der Waals surface area contributed by atoms with Gasteiger partial charge in [0.05, 0.1) is 6.20 Å². The van der Waals surface area contributed by atoms with E-state index in [2.05, 4.69) is 48.2 Å². The standard InChI is InChI=1S/C22H28N6O/c1-13(2)19-10-21(26-25-19)22(29)28-7-6-16(12-28)20-9-17(8-14(3)24-20)18-11-23-27(5)15(18)4/h8-11,13,16H,6-7,12H2,1-5H3,(H,25,26). The van der Waals surface area contributed by atoms with Crippen LogP contribution >= 0.6 is 0 Å². The summed E-state index contributed by atoms with van der Waals surface area (Å²) >= 11 is 0. The summed E-state index contributed by atoms with van der Waals surface area (Å²) in [6.45, 7) is 9.66. The molecule has 4 heterocycles. The van der Waals surface area contributed by atoms with E-state index in [0.29, 0.717) is 18.2 Å². The van der Waals surface area contributed by atoms with Gasteiger partial charge in [0.25, 0.3) is 5.91 Å². The molecule has 1 amide bonds. The minimum absolute atomic E-state index is 0.00775. The topological polar surface area (TPSA) is 79.7 Å². The van der Waals surface area contributed by atoms with Crippen molar-refractivity contribution in [1.29, 1.82) is 0 Å². The molecular formula is C22H28N6O. The van der Waals surface area contributed by atoms with E-state index in [1.54, 1.807) is 0 Å². The number of amides is 1. The zero-order valence-corrected chi connectivity index (χ0v) is 17.7. The number of likely N-dealkylation sites (tertiary alicyclic amines) is 1. The van der Waals surface area contributed by atoms with Crippen LogP contribution in [0.3, 0.4) is 0 Å². The molecule has 1 fully saturated rings. The van der Waals surface area contributed by atoms with Crippen molar-refractivity contribution >= 4 is 5.91 Å². The molecule has 0 bridgehead atoms. The van der Waals surface area contributed by atoms with Gasteiger partial charge in [-0.15, -0.1) is 0 Å². The molecule has 7 nitrogen and oxygen atoms in total. The van der Waals surface area contributed by atoms with Crippen LogP contribution in [0.1, 0.15) is 65.4 Å². The molecule has 1 N–H and O–H groups in total. The van der Waals surface area contributed by atoms with E-state index in [4.69, 9.17) is 4.98 Å². The molecule has 7 heteroatoms. The molecule has 1 aliphatic heterocycles. The van der Waals surface area contributed by atoms with Gasteiger partial charge in [-0.1, -0.05) is 13.8 Å². The number of carbonyl (C=O) groups is 1. The Morgan fingerprint density at radius 2 is 2.03 bits per heavy atom. The highest BCUT2D eigenvalue weighted by atomic mass is 16.2. The molecule has 0 saturated carbocycles. The van der Waals surface area contributed by atoms with Gasteiger partial charge in [-0.2, -0.15) is 10.2 Å². The highest BCUT2D eigenvalue weighted by Crippen LogP contribution is 2.31. The molecule has 3 aromatic heterocycles. The number of rotatable bonds is 4. The van der Waals surface area contributed by atoms with Crippen LogP contribution in [0.4, 0.5) is 0 Å². The van der Waals surface area contributed by atoms with Crippen molar-refractivity contribution in [2.24, 2.45) is 7.05 Å². The molecule has 0 aromatic carbocycles. The number of carbonyl (C=O) groups excluding carboxylic acids is 1. The molecule has 1 saturated heterocycles. The van der Waals surface area contributed by atoms with Crippen LogP contribution in [-0.2, 0) is 7.05 Å². The normalized spacial score (nSPS) is 16.8. The number of nitrogens with zero attached hydrogens (tertiary/aromatic N) is 5. The first-order valence-corrected chi connectivity index (χ1v) is 10.2. The van der Waals surface area contributed by atoms with E-state index in [-0.39, 0.29) is 11.8 Å². The first kappa shape index (κ1) is 19.4. The zero-order chi connectivity index (χ0) is 20.7. The Hall–Kier alpha value is -2.96. The SMILES string of the molecule is Cc1cc(-c2cnn(C)c2C)cc(C2CCN(C(=O)c3cc(C(C)C)[nH]n3)C2)n1. The van der Waals surface area contributed by atoms with E-state index >= 15 is 0 Å². The molecule has 3 aromatic rings. The predicted octanol–water partition coefficient (Wildman–Crippen LogP) is 3.58. The van der Waals surface area contributed by atoms with Gasteiger partial charge in [0.1, 0.15) is 5.69 Å². The van der Waals surface area contributed by atoms with Gasteiger partial charge in [-0.3, -0.25) is 19.6 Å². The summed E-state index contributed by atoms with van der Waals surface area (Å²) in [4.78, 5) is 19.6. The Labute approximate surface area is 171 Å². The third kappa shape index (κ3) is 3.69. The monoisotopic (exact) mass is 392 g/mol. The summed E-state index contributed by atoms with van der Waals surface area (Å²) in [6.07, 6.45) is 2.82. The second-order valence-electron chi connectivity index (χ2n) is 8.29. The lowest BCUT2D eigenvalue weighted by Crippen LogP contribution is -2.28. The molecule has 1 unspecified atom stereocenters. The van der Waals surface area contributed by atoms with Gasteiger partial charge in [-0.25, -0.2) is 0 Å². The summed E-state index contributed by atoms with van der Waals surface area (Å²) in [6, 6.07) is 6.12. The minimum Gasteiger partial charge on any atom is -0.337 e. The third-order valence-corrected chi connectivity index (χ3v) is 5.85. The van der Waals surface area contributed by atoms with Crippen LogP contribution in [0.25, 0.3) is 11.1 Å². The Morgan fingerprint density at radius 1 is 1.24 bits per heavy atom. The molecule has 0 radical (unpaired) electrons. The lowest BCUT2D eigenvalue weighted by Gasteiger charge is -2.16. The average Bonchev–Trinajstić information content (AvgIpc) is 3.42. The van der Waals surface area contributed by atoms with Gasteiger partial charge in [0, 0.05) is 54.4 Å². The Balaban J connectivity index is 1.54. The van der Waals surface area contributed by atoms with Crippen LogP contribution in [0.2, 0.25) is 0 Å². The van der Waals surface area contributed by atoms with Gasteiger partial charge >= 0.3 is 0 Å². The van der Waals surface area contributed by atoms with Gasteiger partial charge < -0.3 is 4.90 Å². The maximum Gasteiger partial charge on any atom is 0.274 e. The van der Waals surface area contributed by atoms with Crippen molar-refractivity contribution in [3.8, 4) is 11.1 Å². The van der Waals surface area contributed by atoms with E-state index in [1.807, 2.05) is 35.8 Å². The maximum atomic E-state index is 12.9. The first-order chi connectivity index (χ1) is 13.8. The maximum absolute atomic E-state index is 12.9. The fraction of sp³-hybridized carbons (Fsp3) is 0.455. The van der Waals surface area contributed by atoms with E-state index in [9.17, 15) is 4.79 Å². The van der Waals surface area contributed by atoms with Gasteiger partial charge in [-0.05, 0) is 49.9 Å². The van der Waals surface area contributed by atoms with Crippen molar-refractivity contribution < 1.29 is 4.79 Å². The largest absolute Gasteiger partial charge is 0.337 e. The molecule has 4 rings (SSSR count). The van der Waals surface area contributed by atoms with Crippen LogP contribution in [0, 0.1) is 13.8 Å². The summed E-state index contributed by atoms with van der Waals surface area (Å²) < 4.78 is 1.88. The number of H-pyrrole nitrogens is 1. The quantitative estimate of drug-likeness (QED) is 0.736. The zero-order valence-electron chi connectivity index (χ0n) is 17.7. The van der Waals surface area contributed by atoms with Crippen LogP contribution in [-0.4, -0.2) is 48.9 Å². The lowest BCUT2D eigenvalue weighted by atomic mass is 9.99. The Kier molecular flexibility index (Phi) is 4.98. The van der Waals surface area contributed by atoms with E-state index in [0.717, 1.165) is 46.9 Å². The summed E-state index contributed by atoms with van der Waals surface area (Å²) in [5.41, 5.74) is 6.91. The van der Waals surface area contributed by atoms with Crippen LogP contribution in [0.5, 0.6) is 0 Å². The van der Waals surface area contributed by atoms with Gasteiger partial charge in [0.15, 0.2) is 0 Å². The number of hydrogen-bond acceptors (Lipinski definition) is 4. The number of aromatic nitrogens is 5. The highest BCUT2D eigenvalue weighted by molar-refractivity contribution is 5.92. The number of hydrogen-bond donors (Lipinski definition) is 1. The second-order valence-corrected chi connectivity index (χ2v) is 8.29. The summed E-state index contributed by atoms with van der Waals surface area (Å²) in [7, 11) is 1.95. The molecule has 1 atom stereocenters. The molecule has 1 aliphatic rings. The molecule has 0 aliphatic carbocycles. The number of nitrogens with one attached hydrogen (secondary N) is 1. The highest BCUT2D eigenvalue weighted by Gasteiger charge is 2.30. The van der Waals surface area contributed by atoms with Crippen LogP contribution < -0.4 is 0 Å². The fourth-order valence-electron chi connectivity index (χ4n) is 3.93. The van der Waals surface area contributed by atoms with Crippen molar-refractivity contribution in [2.75, 3.05) is 13.1 Å². The predicted molar refractivity (Wildman–Crippen MR) is 112 cm³/mol. The Morgan fingerprint density at radius 3 is 2.69 bits per heavy atom. The van der Waals surface area contributed by atoms with E-state index < -0.39 is 0 Å². The smallest absolute Gasteiger partial charge is 0.274 e. The van der Waals surface area contributed by atoms with E-state index in [1.165, 1.54) is 0 Å². The summed E-state index contributed by atoms with van der Waals surface area (Å²) in [5.74, 6) is 0.547. The molecular weight excluding hydrogens is 364 g/mol. The van der Waals surface area contributed by atoms with Crippen LogP contribution in [0.15, 0.2) is 24.4 Å². The van der Waals surface area contributed by atoms with Gasteiger partial charge in [0.2, 0.25) is 0 Å². The van der Waals surface area contributed by atoms with Crippen molar-refractivity contribution in [2.45, 2.75) is 46.0 Å².